The number of nitrogens with one attached hydrogen (secondary N) is 2. The zero-order valence-electron chi connectivity index (χ0n) is 15.0. The SMILES string of the molecule is CN(CCNc1nc2c(cnn2-c2ccccc2)c(=O)[nH]1)c1ccccc1. The molecule has 0 aliphatic rings. The molecule has 0 bridgehead atoms. The lowest BCUT2D eigenvalue weighted by molar-refractivity contribution is 0.884. The summed E-state index contributed by atoms with van der Waals surface area (Å²) in [5.41, 5.74) is 2.32. The molecule has 0 amide bonds. The minimum atomic E-state index is -0.207. The lowest BCUT2D eigenvalue weighted by Crippen LogP contribution is -2.26. The van der Waals surface area contributed by atoms with Gasteiger partial charge in [0.1, 0.15) is 5.39 Å². The van der Waals surface area contributed by atoms with E-state index in [0.717, 1.165) is 17.9 Å². The summed E-state index contributed by atoms with van der Waals surface area (Å²) in [5.74, 6) is 0.437. The molecular weight excluding hydrogens is 340 g/mol. The largest absolute Gasteiger partial charge is 0.373 e. The topological polar surface area (TPSA) is 78.8 Å². The normalized spacial score (nSPS) is 10.9. The molecule has 0 fully saturated rings. The van der Waals surface area contributed by atoms with Crippen molar-refractivity contribution in [1.29, 1.82) is 0 Å². The number of likely N-dealkylation sites (N-methyl/N-ethyl adjacent to an activating group) is 1. The second kappa shape index (κ2) is 7.33. The first kappa shape index (κ1) is 16.8. The van der Waals surface area contributed by atoms with Crippen LogP contribution in [0, 0.1) is 0 Å². The highest BCUT2D eigenvalue weighted by molar-refractivity contribution is 5.76. The van der Waals surface area contributed by atoms with Gasteiger partial charge < -0.3 is 10.2 Å². The van der Waals surface area contributed by atoms with Crippen LogP contribution in [0.15, 0.2) is 71.7 Å². The second-order valence-electron chi connectivity index (χ2n) is 6.23. The fourth-order valence-electron chi connectivity index (χ4n) is 2.91. The molecule has 27 heavy (non-hydrogen) atoms. The van der Waals surface area contributed by atoms with Gasteiger partial charge in [-0.15, -0.1) is 0 Å². The summed E-state index contributed by atoms with van der Waals surface area (Å²) in [6.45, 7) is 1.41. The lowest BCUT2D eigenvalue weighted by Gasteiger charge is -2.19. The van der Waals surface area contributed by atoms with Crippen LogP contribution < -0.4 is 15.8 Å². The van der Waals surface area contributed by atoms with Crippen molar-refractivity contribution in [2.75, 3.05) is 30.4 Å². The Morgan fingerprint density at radius 2 is 1.78 bits per heavy atom. The summed E-state index contributed by atoms with van der Waals surface area (Å²) in [5, 5.41) is 7.97. The Balaban J connectivity index is 1.53. The third kappa shape index (κ3) is 3.52. The monoisotopic (exact) mass is 360 g/mol. The van der Waals surface area contributed by atoms with Crippen LogP contribution in [0.3, 0.4) is 0 Å². The Bertz CT molecular complexity index is 1090. The molecule has 4 aromatic rings. The Kier molecular flexibility index (Phi) is 4.57. The van der Waals surface area contributed by atoms with E-state index in [9.17, 15) is 4.79 Å². The molecule has 2 aromatic carbocycles. The number of aromatic nitrogens is 4. The Hall–Kier alpha value is -3.61. The van der Waals surface area contributed by atoms with Crippen LogP contribution in [-0.2, 0) is 0 Å². The van der Waals surface area contributed by atoms with Gasteiger partial charge in [-0.05, 0) is 24.3 Å². The molecule has 0 spiro atoms. The molecule has 0 aliphatic heterocycles. The van der Waals surface area contributed by atoms with Gasteiger partial charge in [-0.3, -0.25) is 9.78 Å². The summed E-state index contributed by atoms with van der Waals surface area (Å²) in [6, 6.07) is 19.8. The number of benzene rings is 2. The van der Waals surface area contributed by atoms with Crippen LogP contribution in [0.25, 0.3) is 16.7 Å². The first-order chi connectivity index (χ1) is 13.2. The van der Waals surface area contributed by atoms with E-state index >= 15 is 0 Å². The van der Waals surface area contributed by atoms with Crippen molar-refractivity contribution in [2.24, 2.45) is 0 Å². The number of fused-ring (bicyclic) bond motifs is 1. The number of hydrogen-bond donors (Lipinski definition) is 2. The van der Waals surface area contributed by atoms with Crippen molar-refractivity contribution in [3.05, 3.63) is 77.2 Å². The Labute approximate surface area is 156 Å². The highest BCUT2D eigenvalue weighted by atomic mass is 16.1. The molecule has 2 N–H and O–H groups in total. The average Bonchev–Trinajstić information content (AvgIpc) is 3.14. The number of anilines is 2. The molecule has 7 nitrogen and oxygen atoms in total. The van der Waals surface area contributed by atoms with Crippen LogP contribution in [0.1, 0.15) is 0 Å². The molecule has 0 saturated heterocycles. The fourth-order valence-corrected chi connectivity index (χ4v) is 2.91. The Morgan fingerprint density at radius 3 is 2.52 bits per heavy atom. The van der Waals surface area contributed by atoms with Crippen molar-refractivity contribution >= 4 is 22.7 Å². The molecule has 4 rings (SSSR count). The van der Waals surface area contributed by atoms with Gasteiger partial charge in [0.25, 0.3) is 5.56 Å². The fraction of sp³-hybridized carbons (Fsp3) is 0.150. The first-order valence-corrected chi connectivity index (χ1v) is 8.76. The zero-order valence-corrected chi connectivity index (χ0v) is 15.0. The number of rotatable bonds is 6. The van der Waals surface area contributed by atoms with Crippen molar-refractivity contribution in [3.63, 3.8) is 0 Å². The maximum atomic E-state index is 12.4. The van der Waals surface area contributed by atoms with Gasteiger partial charge in [0.2, 0.25) is 5.95 Å². The summed E-state index contributed by atoms with van der Waals surface area (Å²) < 4.78 is 1.67. The second-order valence-corrected chi connectivity index (χ2v) is 6.23. The molecule has 0 aliphatic carbocycles. The van der Waals surface area contributed by atoms with Crippen molar-refractivity contribution in [3.8, 4) is 5.69 Å². The Morgan fingerprint density at radius 1 is 1.07 bits per heavy atom. The summed E-state index contributed by atoms with van der Waals surface area (Å²) in [7, 11) is 2.03. The van der Waals surface area contributed by atoms with Gasteiger partial charge in [0.05, 0.1) is 11.9 Å². The van der Waals surface area contributed by atoms with Gasteiger partial charge >= 0.3 is 0 Å². The summed E-state index contributed by atoms with van der Waals surface area (Å²) in [4.78, 5) is 21.8. The smallest absolute Gasteiger partial charge is 0.263 e. The first-order valence-electron chi connectivity index (χ1n) is 8.76. The highest BCUT2D eigenvalue weighted by Gasteiger charge is 2.11. The van der Waals surface area contributed by atoms with Gasteiger partial charge in [0.15, 0.2) is 5.65 Å². The van der Waals surface area contributed by atoms with E-state index in [2.05, 4.69) is 37.4 Å². The van der Waals surface area contributed by atoms with Crippen LogP contribution in [0.4, 0.5) is 11.6 Å². The van der Waals surface area contributed by atoms with Crippen molar-refractivity contribution < 1.29 is 0 Å². The molecule has 0 unspecified atom stereocenters. The summed E-state index contributed by atoms with van der Waals surface area (Å²) >= 11 is 0. The van der Waals surface area contributed by atoms with E-state index in [4.69, 9.17) is 0 Å². The molecule has 136 valence electrons. The van der Waals surface area contributed by atoms with Gasteiger partial charge in [-0.25, -0.2) is 4.68 Å². The maximum Gasteiger partial charge on any atom is 0.263 e. The van der Waals surface area contributed by atoms with E-state index < -0.39 is 0 Å². The lowest BCUT2D eigenvalue weighted by atomic mass is 10.3. The van der Waals surface area contributed by atoms with Gasteiger partial charge in [0, 0.05) is 25.8 Å². The number of para-hydroxylation sites is 2. The standard InChI is InChI=1S/C20H20N6O/c1-25(15-8-4-2-5-9-15)13-12-21-20-23-18-17(19(27)24-20)14-22-26(18)16-10-6-3-7-11-16/h2-11,14H,12-13H2,1H3,(H2,21,23,24,27). The third-order valence-corrected chi connectivity index (χ3v) is 4.38. The van der Waals surface area contributed by atoms with Crippen LogP contribution in [0.5, 0.6) is 0 Å². The predicted octanol–water partition coefficient (Wildman–Crippen LogP) is 2.66. The average molecular weight is 360 g/mol. The molecule has 0 atom stereocenters. The van der Waals surface area contributed by atoms with Crippen molar-refractivity contribution in [1.82, 2.24) is 19.7 Å². The minimum absolute atomic E-state index is 0.207. The number of hydrogen-bond acceptors (Lipinski definition) is 5. The molecular formula is C20H20N6O. The van der Waals surface area contributed by atoms with Crippen molar-refractivity contribution in [2.45, 2.75) is 0 Å². The molecule has 2 aromatic heterocycles. The number of H-pyrrole nitrogens is 1. The molecule has 7 heteroatoms. The highest BCUT2D eigenvalue weighted by Crippen LogP contribution is 2.14. The van der Waals surface area contributed by atoms with Crippen LogP contribution in [-0.4, -0.2) is 39.9 Å². The third-order valence-electron chi connectivity index (χ3n) is 4.38. The van der Waals surface area contributed by atoms with E-state index in [-0.39, 0.29) is 5.56 Å². The van der Waals surface area contributed by atoms with E-state index in [1.807, 2.05) is 55.6 Å². The molecule has 2 heterocycles. The molecule has 0 radical (unpaired) electrons. The van der Waals surface area contributed by atoms with E-state index in [0.29, 0.717) is 23.5 Å². The van der Waals surface area contributed by atoms with Gasteiger partial charge in [-0.1, -0.05) is 36.4 Å². The van der Waals surface area contributed by atoms with Gasteiger partial charge in [-0.2, -0.15) is 10.1 Å². The quantitative estimate of drug-likeness (QED) is 0.553. The number of aromatic amines is 1. The number of nitrogens with zero attached hydrogens (tertiary/aromatic N) is 4. The van der Waals surface area contributed by atoms with E-state index in [1.54, 1.807) is 10.9 Å². The van der Waals surface area contributed by atoms with Crippen LogP contribution in [0.2, 0.25) is 0 Å². The van der Waals surface area contributed by atoms with Crippen LogP contribution >= 0.6 is 0 Å². The summed E-state index contributed by atoms with van der Waals surface area (Å²) in [6.07, 6.45) is 1.54. The molecule has 0 saturated carbocycles. The zero-order chi connectivity index (χ0) is 18.6. The van der Waals surface area contributed by atoms with E-state index in [1.165, 1.54) is 0 Å². The predicted molar refractivity (Wildman–Crippen MR) is 108 cm³/mol. The minimum Gasteiger partial charge on any atom is -0.373 e. The maximum absolute atomic E-state index is 12.4.